The molecule has 0 aliphatic rings. The smallest absolute Gasteiger partial charge is 0.265 e. The van der Waals surface area contributed by atoms with Crippen LogP contribution in [-0.4, -0.2) is 5.91 Å². The summed E-state index contributed by atoms with van der Waals surface area (Å²) >= 11 is 3.40. The summed E-state index contributed by atoms with van der Waals surface area (Å²) in [5, 5.41) is 0. The lowest BCUT2D eigenvalue weighted by Gasteiger charge is -2.09. The van der Waals surface area contributed by atoms with Crippen LogP contribution in [0.2, 0.25) is 0 Å². The molecule has 0 unspecified atom stereocenters. The molecule has 0 saturated heterocycles. The Morgan fingerprint density at radius 1 is 1.12 bits per heavy atom. The molecule has 0 bridgehead atoms. The van der Waals surface area contributed by atoms with Crippen molar-refractivity contribution in [3.05, 3.63) is 58.6 Å². The summed E-state index contributed by atoms with van der Waals surface area (Å²) < 4.78 is 0.921. The third-order valence-electron chi connectivity index (χ3n) is 2.44. The van der Waals surface area contributed by atoms with Crippen LogP contribution < -0.4 is 11.3 Å². The van der Waals surface area contributed by atoms with Gasteiger partial charge in [0.25, 0.3) is 5.91 Å². The van der Waals surface area contributed by atoms with Crippen molar-refractivity contribution in [2.75, 3.05) is 0 Å². The van der Waals surface area contributed by atoms with E-state index in [4.69, 9.17) is 5.84 Å². The number of amides is 1. The Morgan fingerprint density at radius 2 is 1.82 bits per heavy atom. The minimum atomic E-state index is -0.295. The minimum Gasteiger partial charge on any atom is -0.290 e. The van der Waals surface area contributed by atoms with Gasteiger partial charge >= 0.3 is 0 Å². The average Bonchev–Trinajstić information content (AvgIpc) is 2.39. The number of carbonyl (C=O) groups is 1. The molecule has 0 radical (unpaired) electrons. The van der Waals surface area contributed by atoms with Crippen molar-refractivity contribution in [3.63, 3.8) is 0 Å². The van der Waals surface area contributed by atoms with Gasteiger partial charge in [0.2, 0.25) is 0 Å². The zero-order chi connectivity index (χ0) is 12.3. The van der Waals surface area contributed by atoms with Crippen LogP contribution in [0.3, 0.4) is 0 Å². The van der Waals surface area contributed by atoms with Crippen molar-refractivity contribution in [1.82, 2.24) is 5.43 Å². The molecule has 86 valence electrons. The second-order valence-corrected chi connectivity index (χ2v) is 4.45. The Morgan fingerprint density at radius 3 is 2.47 bits per heavy atom. The van der Waals surface area contributed by atoms with Crippen LogP contribution in [0.4, 0.5) is 0 Å². The molecule has 2 rings (SSSR count). The Labute approximate surface area is 108 Å². The number of nitrogens with two attached hydrogens (primary N) is 1. The number of nitrogens with one attached hydrogen (secondary N) is 1. The van der Waals surface area contributed by atoms with Gasteiger partial charge in [0.15, 0.2) is 0 Å². The van der Waals surface area contributed by atoms with Crippen molar-refractivity contribution in [2.24, 2.45) is 5.84 Å². The number of hydrogen-bond acceptors (Lipinski definition) is 2. The van der Waals surface area contributed by atoms with Crippen molar-refractivity contribution < 1.29 is 4.79 Å². The Kier molecular flexibility index (Phi) is 3.56. The number of hydrogen-bond donors (Lipinski definition) is 2. The summed E-state index contributed by atoms with van der Waals surface area (Å²) in [4.78, 5) is 11.7. The first-order valence-electron chi connectivity index (χ1n) is 5.08. The summed E-state index contributed by atoms with van der Waals surface area (Å²) in [5.74, 6) is 4.88. The predicted molar refractivity (Wildman–Crippen MR) is 71.2 cm³/mol. The van der Waals surface area contributed by atoms with E-state index in [1.165, 1.54) is 0 Å². The Hall–Kier alpha value is -1.65. The highest BCUT2D eigenvalue weighted by Gasteiger charge is 2.11. The second-order valence-electron chi connectivity index (χ2n) is 3.53. The fraction of sp³-hybridized carbons (Fsp3) is 0. The van der Waals surface area contributed by atoms with Gasteiger partial charge in [-0.05, 0) is 29.3 Å². The first-order chi connectivity index (χ1) is 8.22. The zero-order valence-corrected chi connectivity index (χ0v) is 10.6. The molecule has 0 aliphatic carbocycles. The molecule has 0 saturated carbocycles. The number of benzene rings is 2. The molecule has 0 atom stereocenters. The maximum Gasteiger partial charge on any atom is 0.265 e. The van der Waals surface area contributed by atoms with Crippen LogP contribution in [0, 0.1) is 0 Å². The summed E-state index contributed by atoms with van der Waals surface area (Å²) in [5.41, 5.74) is 4.54. The molecular weight excluding hydrogens is 280 g/mol. The van der Waals surface area contributed by atoms with E-state index in [-0.39, 0.29) is 5.91 Å². The molecule has 2 aromatic rings. The van der Waals surface area contributed by atoms with Gasteiger partial charge in [0.1, 0.15) is 0 Å². The summed E-state index contributed by atoms with van der Waals surface area (Å²) in [6.07, 6.45) is 0. The fourth-order valence-electron chi connectivity index (χ4n) is 1.65. The largest absolute Gasteiger partial charge is 0.290 e. The second kappa shape index (κ2) is 5.12. The average molecular weight is 291 g/mol. The molecule has 0 aliphatic heterocycles. The Balaban J connectivity index is 2.59. The quantitative estimate of drug-likeness (QED) is 0.508. The molecule has 2 aromatic carbocycles. The fourth-order valence-corrected chi connectivity index (χ4v) is 2.01. The number of rotatable bonds is 2. The third-order valence-corrected chi connectivity index (χ3v) is 2.94. The van der Waals surface area contributed by atoms with Crippen LogP contribution in [0.15, 0.2) is 53.0 Å². The van der Waals surface area contributed by atoms with Gasteiger partial charge in [-0.25, -0.2) is 5.84 Å². The molecular formula is C13H11BrN2O. The SMILES string of the molecule is NNC(=O)c1ccc(Br)cc1-c1ccccc1. The lowest BCUT2D eigenvalue weighted by atomic mass is 9.99. The first kappa shape index (κ1) is 11.8. The molecule has 17 heavy (non-hydrogen) atoms. The molecule has 0 heterocycles. The van der Waals surface area contributed by atoms with E-state index < -0.39 is 0 Å². The van der Waals surface area contributed by atoms with E-state index in [2.05, 4.69) is 21.4 Å². The van der Waals surface area contributed by atoms with E-state index in [0.717, 1.165) is 15.6 Å². The summed E-state index contributed by atoms with van der Waals surface area (Å²) in [6, 6.07) is 15.2. The first-order valence-corrected chi connectivity index (χ1v) is 5.87. The number of nitrogen functional groups attached to an aromatic ring is 1. The predicted octanol–water partition coefficient (Wildman–Crippen LogP) is 2.72. The van der Waals surface area contributed by atoms with Gasteiger partial charge in [-0.15, -0.1) is 0 Å². The molecule has 3 N–H and O–H groups in total. The molecule has 4 heteroatoms. The lowest BCUT2D eigenvalue weighted by molar-refractivity contribution is 0.0954. The Bertz CT molecular complexity index is 540. The van der Waals surface area contributed by atoms with Gasteiger partial charge in [-0.2, -0.15) is 0 Å². The zero-order valence-electron chi connectivity index (χ0n) is 8.98. The molecule has 0 aromatic heterocycles. The maximum absolute atomic E-state index is 11.7. The normalized spacial score (nSPS) is 10.0. The van der Waals surface area contributed by atoms with Gasteiger partial charge in [0.05, 0.1) is 0 Å². The highest BCUT2D eigenvalue weighted by molar-refractivity contribution is 9.10. The van der Waals surface area contributed by atoms with Gasteiger partial charge < -0.3 is 0 Å². The number of halogens is 1. The van der Waals surface area contributed by atoms with E-state index >= 15 is 0 Å². The van der Waals surface area contributed by atoms with Crippen molar-refractivity contribution in [3.8, 4) is 11.1 Å². The number of hydrazine groups is 1. The van der Waals surface area contributed by atoms with Crippen LogP contribution >= 0.6 is 15.9 Å². The van der Waals surface area contributed by atoms with Crippen molar-refractivity contribution in [1.29, 1.82) is 0 Å². The number of carbonyl (C=O) groups excluding carboxylic acids is 1. The molecule has 0 fully saturated rings. The molecule has 1 amide bonds. The molecule has 0 spiro atoms. The van der Waals surface area contributed by atoms with Gasteiger partial charge in [-0.1, -0.05) is 46.3 Å². The summed E-state index contributed by atoms with van der Waals surface area (Å²) in [7, 11) is 0. The van der Waals surface area contributed by atoms with Crippen LogP contribution in [0.5, 0.6) is 0 Å². The molecule has 3 nitrogen and oxygen atoms in total. The van der Waals surface area contributed by atoms with Crippen LogP contribution in [-0.2, 0) is 0 Å². The topological polar surface area (TPSA) is 55.1 Å². The van der Waals surface area contributed by atoms with Crippen LogP contribution in [0.1, 0.15) is 10.4 Å². The van der Waals surface area contributed by atoms with Crippen molar-refractivity contribution in [2.45, 2.75) is 0 Å². The third kappa shape index (κ3) is 2.54. The van der Waals surface area contributed by atoms with E-state index in [1.54, 1.807) is 6.07 Å². The van der Waals surface area contributed by atoms with Gasteiger partial charge in [-0.3, -0.25) is 10.2 Å². The van der Waals surface area contributed by atoms with E-state index in [0.29, 0.717) is 5.56 Å². The highest BCUT2D eigenvalue weighted by atomic mass is 79.9. The van der Waals surface area contributed by atoms with Gasteiger partial charge in [0, 0.05) is 10.0 Å². The maximum atomic E-state index is 11.7. The highest BCUT2D eigenvalue weighted by Crippen LogP contribution is 2.26. The summed E-state index contributed by atoms with van der Waals surface area (Å²) in [6.45, 7) is 0. The van der Waals surface area contributed by atoms with E-state index in [1.807, 2.05) is 42.5 Å². The standard InChI is InChI=1S/C13H11BrN2O/c14-10-6-7-11(13(17)16-15)12(8-10)9-4-2-1-3-5-9/h1-8H,15H2,(H,16,17). The van der Waals surface area contributed by atoms with E-state index in [9.17, 15) is 4.79 Å². The van der Waals surface area contributed by atoms with Crippen LogP contribution in [0.25, 0.3) is 11.1 Å². The lowest BCUT2D eigenvalue weighted by Crippen LogP contribution is -2.30. The van der Waals surface area contributed by atoms with Crippen molar-refractivity contribution >= 4 is 21.8 Å². The minimum absolute atomic E-state index is 0.295. The monoisotopic (exact) mass is 290 g/mol.